The number of thiazole rings is 1. The molecule has 1 fully saturated rings. The van der Waals surface area contributed by atoms with E-state index in [9.17, 15) is 8.42 Å². The molecule has 4 rings (SSSR count). The molecule has 7 heteroatoms. The van der Waals surface area contributed by atoms with E-state index in [1.807, 2.05) is 6.08 Å². The van der Waals surface area contributed by atoms with E-state index in [1.54, 1.807) is 36.5 Å². The second kappa shape index (κ2) is 8.72. The Morgan fingerprint density at radius 3 is 2.61 bits per heavy atom. The van der Waals surface area contributed by atoms with E-state index in [4.69, 9.17) is 16.6 Å². The number of aromatic nitrogens is 1. The molecule has 1 aromatic heterocycles. The van der Waals surface area contributed by atoms with Gasteiger partial charge in [-0.3, -0.25) is 0 Å². The molecule has 0 radical (unpaired) electrons. The highest BCUT2D eigenvalue weighted by molar-refractivity contribution is 7.93. The number of rotatable bonds is 5. The van der Waals surface area contributed by atoms with E-state index >= 15 is 0 Å². The Balaban J connectivity index is 1.39. The van der Waals surface area contributed by atoms with Crippen LogP contribution < -0.4 is 4.90 Å². The van der Waals surface area contributed by atoms with Crippen LogP contribution >= 0.6 is 22.9 Å². The molecule has 2 aliphatic rings. The lowest BCUT2D eigenvalue weighted by molar-refractivity contribution is 0.518. The lowest BCUT2D eigenvalue weighted by Gasteiger charge is -2.36. The molecule has 0 bridgehead atoms. The number of hydrogen-bond donors (Lipinski definition) is 0. The van der Waals surface area contributed by atoms with Crippen molar-refractivity contribution in [3.8, 4) is 0 Å². The summed E-state index contributed by atoms with van der Waals surface area (Å²) < 4.78 is 26.5. The molecule has 1 aromatic carbocycles. The van der Waals surface area contributed by atoms with E-state index in [2.05, 4.69) is 42.3 Å². The van der Waals surface area contributed by atoms with Gasteiger partial charge in [0.25, 0.3) is 0 Å². The van der Waals surface area contributed by atoms with Crippen LogP contribution in [0.15, 0.2) is 47.9 Å². The standard InChI is InChI=1S/C24H29ClN2O2S2/c1-17-7-8-19(14-18(17)2)15-20-16-30-23(26-20)27-12-9-21(10-13-27)31(28,29)22-6-4-5-11-24(22,3)25/h4-8,11,14,16,21-22H,9-10,12-13,15H2,1-3H3. The molecule has 2 heterocycles. The van der Waals surface area contributed by atoms with Crippen LogP contribution in [0.1, 0.15) is 42.1 Å². The Kier molecular flexibility index (Phi) is 6.35. The third-order valence-electron chi connectivity index (χ3n) is 6.40. The van der Waals surface area contributed by atoms with Crippen molar-refractivity contribution in [2.45, 2.75) is 55.4 Å². The van der Waals surface area contributed by atoms with Gasteiger partial charge in [-0.15, -0.1) is 22.9 Å². The summed E-state index contributed by atoms with van der Waals surface area (Å²) in [6.45, 7) is 7.44. The van der Waals surface area contributed by atoms with Gasteiger partial charge in [-0.1, -0.05) is 42.5 Å². The largest absolute Gasteiger partial charge is 0.348 e. The van der Waals surface area contributed by atoms with Crippen molar-refractivity contribution < 1.29 is 8.42 Å². The summed E-state index contributed by atoms with van der Waals surface area (Å²) in [7, 11) is -3.36. The summed E-state index contributed by atoms with van der Waals surface area (Å²) >= 11 is 8.16. The van der Waals surface area contributed by atoms with Crippen LogP contribution in [0, 0.1) is 13.8 Å². The highest BCUT2D eigenvalue weighted by Gasteiger charge is 2.44. The first-order valence-electron chi connectivity index (χ1n) is 10.7. The van der Waals surface area contributed by atoms with E-state index in [-0.39, 0.29) is 5.25 Å². The van der Waals surface area contributed by atoms with Gasteiger partial charge >= 0.3 is 0 Å². The molecular weight excluding hydrogens is 448 g/mol. The van der Waals surface area contributed by atoms with Crippen LogP contribution in [0.3, 0.4) is 0 Å². The molecule has 1 aliphatic carbocycles. The van der Waals surface area contributed by atoms with Crippen LogP contribution in [0.5, 0.6) is 0 Å². The van der Waals surface area contributed by atoms with Crippen molar-refractivity contribution in [3.63, 3.8) is 0 Å². The molecule has 0 saturated carbocycles. The van der Waals surface area contributed by atoms with Crippen LogP contribution in [0.4, 0.5) is 5.13 Å². The monoisotopic (exact) mass is 476 g/mol. The molecule has 2 atom stereocenters. The minimum atomic E-state index is -3.36. The van der Waals surface area contributed by atoms with Gasteiger partial charge in [-0.25, -0.2) is 13.4 Å². The van der Waals surface area contributed by atoms with Crippen LogP contribution in [-0.2, 0) is 16.3 Å². The quantitative estimate of drug-likeness (QED) is 0.554. The summed E-state index contributed by atoms with van der Waals surface area (Å²) in [4.78, 5) is 6.17. The Morgan fingerprint density at radius 2 is 1.94 bits per heavy atom. The number of aryl methyl sites for hydroxylation is 2. The fraction of sp³-hybridized carbons (Fsp3) is 0.458. The van der Waals surface area contributed by atoms with Crippen LogP contribution in [0.2, 0.25) is 0 Å². The first-order valence-corrected chi connectivity index (χ1v) is 13.6. The zero-order chi connectivity index (χ0) is 22.2. The van der Waals surface area contributed by atoms with Gasteiger partial charge in [0.05, 0.1) is 15.8 Å². The predicted octanol–water partition coefficient (Wildman–Crippen LogP) is 5.23. The zero-order valence-electron chi connectivity index (χ0n) is 18.2. The summed E-state index contributed by atoms with van der Waals surface area (Å²) in [5.74, 6) is 0. The van der Waals surface area contributed by atoms with Gasteiger partial charge in [-0.05, 0) is 50.3 Å². The number of alkyl halides is 1. The summed E-state index contributed by atoms with van der Waals surface area (Å²) in [6, 6.07) is 6.55. The predicted molar refractivity (Wildman–Crippen MR) is 131 cm³/mol. The summed E-state index contributed by atoms with van der Waals surface area (Å²) in [5, 5.41) is 2.06. The van der Waals surface area contributed by atoms with E-state index in [1.165, 1.54) is 16.7 Å². The van der Waals surface area contributed by atoms with Crippen molar-refractivity contribution in [2.24, 2.45) is 0 Å². The van der Waals surface area contributed by atoms with Gasteiger partial charge < -0.3 is 4.90 Å². The van der Waals surface area contributed by atoms with E-state index < -0.39 is 20.0 Å². The molecule has 0 N–H and O–H groups in total. The number of halogens is 1. The number of nitrogens with zero attached hydrogens (tertiary/aromatic N) is 2. The molecule has 4 nitrogen and oxygen atoms in total. The molecule has 166 valence electrons. The smallest absolute Gasteiger partial charge is 0.185 e. The number of piperidine rings is 1. The fourth-order valence-electron chi connectivity index (χ4n) is 4.35. The molecule has 2 aromatic rings. The third-order valence-corrected chi connectivity index (χ3v) is 10.6. The molecule has 31 heavy (non-hydrogen) atoms. The molecule has 0 spiro atoms. The van der Waals surface area contributed by atoms with Crippen LogP contribution in [0.25, 0.3) is 0 Å². The first kappa shape index (κ1) is 22.6. The Bertz CT molecular complexity index is 1110. The van der Waals surface area contributed by atoms with Gasteiger partial charge in [0.1, 0.15) is 5.25 Å². The fourth-order valence-corrected chi connectivity index (χ4v) is 8.06. The average molecular weight is 477 g/mol. The Morgan fingerprint density at radius 1 is 1.19 bits per heavy atom. The molecule has 1 saturated heterocycles. The summed E-state index contributed by atoms with van der Waals surface area (Å²) in [6.07, 6.45) is 9.14. The number of anilines is 1. The minimum Gasteiger partial charge on any atom is -0.348 e. The van der Waals surface area contributed by atoms with Crippen molar-refractivity contribution in [2.75, 3.05) is 18.0 Å². The maximum Gasteiger partial charge on any atom is 0.185 e. The lowest BCUT2D eigenvalue weighted by Crippen LogP contribution is -2.47. The van der Waals surface area contributed by atoms with Crippen LogP contribution in [-0.4, -0.2) is 41.9 Å². The van der Waals surface area contributed by atoms with Crippen molar-refractivity contribution in [1.29, 1.82) is 0 Å². The highest BCUT2D eigenvalue weighted by atomic mass is 35.5. The van der Waals surface area contributed by atoms with E-state index in [0.29, 0.717) is 25.9 Å². The number of allylic oxidation sites excluding steroid dienone is 3. The van der Waals surface area contributed by atoms with E-state index in [0.717, 1.165) is 17.2 Å². The topological polar surface area (TPSA) is 50.3 Å². The molecule has 1 aliphatic heterocycles. The second-order valence-corrected chi connectivity index (χ2v) is 12.8. The Hall–Kier alpha value is -1.63. The summed E-state index contributed by atoms with van der Waals surface area (Å²) in [5.41, 5.74) is 4.93. The Labute approximate surface area is 194 Å². The van der Waals surface area contributed by atoms with Gasteiger partial charge in [-0.2, -0.15) is 0 Å². The number of sulfone groups is 1. The highest BCUT2D eigenvalue weighted by Crippen LogP contribution is 2.36. The van der Waals surface area contributed by atoms with Crippen molar-refractivity contribution in [3.05, 3.63) is 70.3 Å². The second-order valence-electron chi connectivity index (χ2n) is 8.81. The maximum absolute atomic E-state index is 13.3. The molecular formula is C24H29ClN2O2S2. The SMILES string of the molecule is Cc1ccc(Cc2csc(N3CCC(S(=O)(=O)C4C=CC=CC4(C)Cl)CC3)n2)cc1C. The van der Waals surface area contributed by atoms with Gasteiger partial charge in [0, 0.05) is 24.9 Å². The van der Waals surface area contributed by atoms with Gasteiger partial charge in [0.2, 0.25) is 0 Å². The number of hydrogen-bond acceptors (Lipinski definition) is 5. The van der Waals surface area contributed by atoms with Crippen molar-refractivity contribution in [1.82, 2.24) is 4.98 Å². The number of benzene rings is 1. The first-order chi connectivity index (χ1) is 14.7. The average Bonchev–Trinajstić information content (AvgIpc) is 3.19. The third kappa shape index (κ3) is 4.76. The maximum atomic E-state index is 13.3. The normalized spacial score (nSPS) is 24.6. The lowest BCUT2D eigenvalue weighted by atomic mass is 10.0. The van der Waals surface area contributed by atoms with Gasteiger partial charge in [0.15, 0.2) is 15.0 Å². The van der Waals surface area contributed by atoms with Crippen molar-refractivity contribution >= 4 is 37.9 Å². The zero-order valence-corrected chi connectivity index (χ0v) is 20.6. The minimum absolute atomic E-state index is 0.363. The molecule has 2 unspecified atom stereocenters. The molecule has 0 amide bonds.